The van der Waals surface area contributed by atoms with Crippen molar-refractivity contribution < 1.29 is 9.53 Å². The molecule has 10 heteroatoms. The molecule has 9 nitrogen and oxygen atoms in total. The highest BCUT2D eigenvalue weighted by Crippen LogP contribution is 2.33. The molecule has 0 aliphatic heterocycles. The van der Waals surface area contributed by atoms with Crippen LogP contribution in [0.3, 0.4) is 0 Å². The number of thiazole rings is 1. The van der Waals surface area contributed by atoms with Gasteiger partial charge in [-0.3, -0.25) is 9.89 Å². The van der Waals surface area contributed by atoms with Gasteiger partial charge < -0.3 is 16.2 Å². The van der Waals surface area contributed by atoms with E-state index in [0.717, 1.165) is 32.6 Å². The Labute approximate surface area is 207 Å². The predicted molar refractivity (Wildman–Crippen MR) is 137 cm³/mol. The van der Waals surface area contributed by atoms with Crippen molar-refractivity contribution in [1.82, 2.24) is 25.1 Å². The number of fused-ring (bicyclic) bond motifs is 1. The number of benzene rings is 1. The highest BCUT2D eigenvalue weighted by Gasteiger charge is 2.20. The number of carbonyl (C=O) groups excluding carboxylic acids is 1. The first-order valence-corrected chi connectivity index (χ1v) is 12.0. The van der Waals surface area contributed by atoms with Crippen LogP contribution < -0.4 is 16.2 Å². The molecule has 0 saturated carbocycles. The molecule has 0 aliphatic rings. The molecule has 4 rings (SSSR count). The number of rotatable bonds is 9. The number of nitrogens with two attached hydrogens (primary N) is 2. The molecule has 35 heavy (non-hydrogen) atoms. The Morgan fingerprint density at radius 3 is 2.80 bits per heavy atom. The van der Waals surface area contributed by atoms with Gasteiger partial charge in [-0.15, -0.1) is 11.3 Å². The lowest BCUT2D eigenvalue weighted by atomic mass is 9.90. The van der Waals surface area contributed by atoms with E-state index in [2.05, 4.69) is 25.1 Å². The zero-order valence-electron chi connectivity index (χ0n) is 19.8. The van der Waals surface area contributed by atoms with Gasteiger partial charge in [0.25, 0.3) is 0 Å². The maximum Gasteiger partial charge on any atom is 0.316 e. The molecule has 3 aromatic heterocycles. The predicted octanol–water partition coefficient (Wildman–Crippen LogP) is 3.63. The summed E-state index contributed by atoms with van der Waals surface area (Å²) in [5.41, 5.74) is 17.4. The average Bonchev–Trinajstić information content (AvgIpc) is 3.54. The van der Waals surface area contributed by atoms with Crippen LogP contribution in [0.25, 0.3) is 22.0 Å². The number of aromatic nitrogens is 5. The second-order valence-corrected chi connectivity index (χ2v) is 9.14. The van der Waals surface area contributed by atoms with E-state index in [0.29, 0.717) is 30.0 Å². The fourth-order valence-corrected chi connectivity index (χ4v) is 4.30. The molecule has 180 valence electrons. The van der Waals surface area contributed by atoms with Gasteiger partial charge in [-0.05, 0) is 55.7 Å². The Kier molecular flexibility index (Phi) is 7.21. The van der Waals surface area contributed by atoms with Gasteiger partial charge in [0.15, 0.2) is 0 Å². The quantitative estimate of drug-likeness (QED) is 0.304. The molecule has 0 bridgehead atoms. The minimum Gasteiger partial charge on any atom is -0.463 e. The third kappa shape index (κ3) is 5.38. The van der Waals surface area contributed by atoms with E-state index in [4.69, 9.17) is 16.2 Å². The van der Waals surface area contributed by atoms with Crippen LogP contribution in [0.4, 0.5) is 0 Å². The van der Waals surface area contributed by atoms with Crippen LogP contribution in [-0.4, -0.2) is 37.7 Å². The van der Waals surface area contributed by atoms with Crippen molar-refractivity contribution in [1.29, 1.82) is 0 Å². The van der Waals surface area contributed by atoms with Crippen LogP contribution in [0.2, 0.25) is 0 Å². The number of allylic oxidation sites excluding steroid dienone is 3. The highest BCUT2D eigenvalue weighted by molar-refractivity contribution is 7.09. The van der Waals surface area contributed by atoms with Crippen LogP contribution in [0, 0.1) is 12.8 Å². The van der Waals surface area contributed by atoms with Crippen LogP contribution in [0.1, 0.15) is 35.7 Å². The van der Waals surface area contributed by atoms with Crippen LogP contribution in [0.15, 0.2) is 53.9 Å². The average molecular weight is 490 g/mol. The molecule has 1 aromatic carbocycles. The molecule has 0 aliphatic carbocycles. The molecular weight excluding hydrogens is 462 g/mol. The van der Waals surface area contributed by atoms with Crippen molar-refractivity contribution in [3.05, 3.63) is 75.8 Å². The SMILES string of the molecule is C/C(=C\C(=C(\N)C(C)C(N)=O)c1c(C)ccc2[nH]ncc12)c1ccnc(OCCc2nccs2)n1. The molecule has 0 radical (unpaired) electrons. The first kappa shape index (κ1) is 24.1. The Hall–Kier alpha value is -4.05. The summed E-state index contributed by atoms with van der Waals surface area (Å²) in [4.78, 5) is 25.0. The van der Waals surface area contributed by atoms with Crippen molar-refractivity contribution in [2.24, 2.45) is 17.4 Å². The van der Waals surface area contributed by atoms with Crippen molar-refractivity contribution in [2.45, 2.75) is 27.2 Å². The van der Waals surface area contributed by atoms with Crippen molar-refractivity contribution in [3.8, 4) is 6.01 Å². The number of primary amides is 1. The number of amides is 1. The van der Waals surface area contributed by atoms with Gasteiger partial charge in [-0.25, -0.2) is 9.97 Å². The fourth-order valence-electron chi connectivity index (χ4n) is 3.70. The van der Waals surface area contributed by atoms with Crippen molar-refractivity contribution >= 4 is 39.3 Å². The van der Waals surface area contributed by atoms with E-state index in [1.54, 1.807) is 42.9 Å². The van der Waals surface area contributed by atoms with Gasteiger partial charge in [0.2, 0.25) is 5.91 Å². The second kappa shape index (κ2) is 10.5. The van der Waals surface area contributed by atoms with Crippen LogP contribution >= 0.6 is 11.3 Å². The summed E-state index contributed by atoms with van der Waals surface area (Å²) in [5, 5.41) is 11.0. The lowest BCUT2D eigenvalue weighted by molar-refractivity contribution is -0.120. The first-order chi connectivity index (χ1) is 16.8. The summed E-state index contributed by atoms with van der Waals surface area (Å²) in [6.07, 6.45) is 7.78. The Morgan fingerprint density at radius 2 is 2.06 bits per heavy atom. The molecule has 1 amide bonds. The number of ether oxygens (including phenoxy) is 1. The van der Waals surface area contributed by atoms with Crippen molar-refractivity contribution in [2.75, 3.05) is 6.61 Å². The Balaban J connectivity index is 1.71. The molecule has 1 atom stereocenters. The van der Waals surface area contributed by atoms with Gasteiger partial charge in [-0.2, -0.15) is 10.1 Å². The number of nitrogens with zero attached hydrogens (tertiary/aromatic N) is 4. The lowest BCUT2D eigenvalue weighted by Crippen LogP contribution is -2.26. The van der Waals surface area contributed by atoms with Gasteiger partial charge >= 0.3 is 6.01 Å². The number of aryl methyl sites for hydroxylation is 1. The van der Waals surface area contributed by atoms with E-state index in [9.17, 15) is 4.79 Å². The lowest BCUT2D eigenvalue weighted by Gasteiger charge is -2.17. The van der Waals surface area contributed by atoms with Crippen LogP contribution in [-0.2, 0) is 11.2 Å². The molecule has 4 aromatic rings. The van der Waals surface area contributed by atoms with Gasteiger partial charge in [-0.1, -0.05) is 6.07 Å². The van der Waals surface area contributed by atoms with Gasteiger partial charge in [0, 0.05) is 40.9 Å². The largest absolute Gasteiger partial charge is 0.463 e. The number of nitrogens with one attached hydrogen (secondary N) is 1. The number of carbonyl (C=O) groups is 1. The minimum atomic E-state index is -0.661. The third-order valence-electron chi connectivity index (χ3n) is 5.74. The number of hydrogen-bond donors (Lipinski definition) is 3. The third-order valence-corrected chi connectivity index (χ3v) is 6.57. The van der Waals surface area contributed by atoms with Crippen molar-refractivity contribution in [3.63, 3.8) is 0 Å². The Morgan fingerprint density at radius 1 is 1.23 bits per heavy atom. The maximum atomic E-state index is 12.0. The zero-order valence-corrected chi connectivity index (χ0v) is 20.6. The summed E-state index contributed by atoms with van der Waals surface area (Å²) < 4.78 is 5.75. The summed E-state index contributed by atoms with van der Waals surface area (Å²) in [5.74, 6) is -1.16. The maximum absolute atomic E-state index is 12.0. The summed E-state index contributed by atoms with van der Waals surface area (Å²) in [7, 11) is 0. The fraction of sp³-hybridized carbons (Fsp3) is 0.240. The first-order valence-electron chi connectivity index (χ1n) is 11.1. The Bertz CT molecular complexity index is 1410. The monoisotopic (exact) mass is 489 g/mol. The van der Waals surface area contributed by atoms with E-state index >= 15 is 0 Å². The number of hydrogen-bond acceptors (Lipinski definition) is 8. The van der Waals surface area contributed by atoms with Gasteiger partial charge in [0.1, 0.15) is 0 Å². The summed E-state index contributed by atoms with van der Waals surface area (Å²) >= 11 is 1.58. The van der Waals surface area contributed by atoms with E-state index in [1.807, 2.05) is 37.4 Å². The zero-order chi connectivity index (χ0) is 24.9. The summed E-state index contributed by atoms with van der Waals surface area (Å²) in [6, 6.07) is 6.03. The standard InChI is InChI=1S/C25H27N7O2S/c1-14-4-5-20-18(13-30-32-20)22(14)17(23(26)16(3)24(27)33)12-15(2)19-6-8-29-25(31-19)34-10-7-21-28-9-11-35-21/h4-6,8-9,11-13,16H,7,10,26H2,1-3H3,(H2,27,33)(H,30,32)/b15-12+,23-17-. The normalized spacial score (nSPS) is 13.5. The van der Waals surface area contributed by atoms with E-state index < -0.39 is 11.8 Å². The van der Waals surface area contributed by atoms with Gasteiger partial charge in [0.05, 0.1) is 34.9 Å². The molecule has 3 heterocycles. The number of H-pyrrole nitrogens is 1. The molecule has 1 unspecified atom stereocenters. The van der Waals surface area contributed by atoms with E-state index in [-0.39, 0.29) is 6.01 Å². The smallest absolute Gasteiger partial charge is 0.316 e. The second-order valence-electron chi connectivity index (χ2n) is 8.16. The highest BCUT2D eigenvalue weighted by atomic mass is 32.1. The summed E-state index contributed by atoms with van der Waals surface area (Å²) in [6.45, 7) is 6.04. The molecule has 0 spiro atoms. The topological polar surface area (TPSA) is 146 Å². The molecule has 0 fully saturated rings. The van der Waals surface area contributed by atoms with Crippen LogP contribution in [0.5, 0.6) is 6.01 Å². The minimum absolute atomic E-state index is 0.281. The van der Waals surface area contributed by atoms with E-state index in [1.165, 1.54) is 0 Å². The molecule has 5 N–H and O–H groups in total. The molecular formula is C25H27N7O2S. The number of aromatic amines is 1. The molecule has 0 saturated heterocycles.